The summed E-state index contributed by atoms with van der Waals surface area (Å²) in [6.07, 6.45) is 0. The van der Waals surface area contributed by atoms with Crippen molar-refractivity contribution in [2.24, 2.45) is 0 Å². The molecule has 2 N–H and O–H groups in total. The summed E-state index contributed by atoms with van der Waals surface area (Å²) in [4.78, 5) is 21.5. The zero-order valence-corrected chi connectivity index (χ0v) is 9.98. The molecule has 0 atom stereocenters. The van der Waals surface area contributed by atoms with E-state index in [-0.39, 0.29) is 11.3 Å². The highest BCUT2D eigenvalue weighted by molar-refractivity contribution is 9.10. The van der Waals surface area contributed by atoms with Crippen molar-refractivity contribution in [1.82, 2.24) is 0 Å². The first-order valence-corrected chi connectivity index (χ1v) is 5.16. The van der Waals surface area contributed by atoms with E-state index >= 15 is 0 Å². The van der Waals surface area contributed by atoms with Crippen LogP contribution in [0.15, 0.2) is 34.3 Å². The summed E-state index contributed by atoms with van der Waals surface area (Å²) in [7, 11) is 0. The van der Waals surface area contributed by atoms with Gasteiger partial charge in [0, 0.05) is 15.6 Å². The summed E-state index contributed by atoms with van der Waals surface area (Å²) in [6.45, 7) is 1.27. The third-order valence-electron chi connectivity index (χ3n) is 2.01. The molecule has 0 amide bonds. The number of carboxylic acids is 1. The van der Waals surface area contributed by atoms with Gasteiger partial charge in [-0.3, -0.25) is 4.79 Å². The Hall–Kier alpha value is -1.62. The summed E-state index contributed by atoms with van der Waals surface area (Å²) in [6, 6.07) is 6.53. The number of halogens is 1. The Balaban J connectivity index is 3.13. The van der Waals surface area contributed by atoms with Crippen LogP contribution in [0.1, 0.15) is 12.5 Å². The summed E-state index contributed by atoms with van der Waals surface area (Å²) in [5, 5.41) is 18.2. The number of carbonyl (C=O) groups is 2. The van der Waals surface area contributed by atoms with E-state index in [9.17, 15) is 14.7 Å². The average molecular weight is 285 g/mol. The second-order valence-electron chi connectivity index (χ2n) is 3.11. The standard InChI is InChI=1S/C11H9BrO4/c1-6(10(14)11(15)16)9(13)7-2-4-8(12)5-3-7/h2-5,13H,1H3,(H,15,16)/b9-6-. The zero-order chi connectivity index (χ0) is 12.3. The van der Waals surface area contributed by atoms with E-state index in [1.54, 1.807) is 24.3 Å². The highest BCUT2D eigenvalue weighted by Crippen LogP contribution is 2.19. The van der Waals surface area contributed by atoms with Crippen LogP contribution in [0.4, 0.5) is 0 Å². The lowest BCUT2D eigenvalue weighted by Gasteiger charge is -2.03. The van der Waals surface area contributed by atoms with Crippen molar-refractivity contribution in [3.8, 4) is 0 Å². The molecule has 5 heteroatoms. The number of hydrogen-bond acceptors (Lipinski definition) is 3. The molecule has 0 radical (unpaired) electrons. The minimum absolute atomic E-state index is 0.185. The van der Waals surface area contributed by atoms with Crippen LogP contribution in [0.3, 0.4) is 0 Å². The van der Waals surface area contributed by atoms with E-state index in [1.165, 1.54) is 6.92 Å². The number of benzene rings is 1. The number of rotatable bonds is 3. The number of aliphatic hydroxyl groups excluding tert-OH is 1. The Kier molecular flexibility index (Phi) is 3.84. The van der Waals surface area contributed by atoms with Crippen LogP contribution in [0.25, 0.3) is 5.76 Å². The Morgan fingerprint density at radius 3 is 2.06 bits per heavy atom. The van der Waals surface area contributed by atoms with Gasteiger partial charge in [0.05, 0.1) is 0 Å². The minimum Gasteiger partial charge on any atom is -0.507 e. The van der Waals surface area contributed by atoms with Crippen LogP contribution in [-0.2, 0) is 9.59 Å². The number of aliphatic hydroxyl groups is 1. The van der Waals surface area contributed by atoms with Crippen molar-refractivity contribution in [3.05, 3.63) is 39.9 Å². The predicted molar refractivity (Wildman–Crippen MR) is 62.0 cm³/mol. The fourth-order valence-corrected chi connectivity index (χ4v) is 1.36. The molecule has 0 heterocycles. The van der Waals surface area contributed by atoms with Gasteiger partial charge < -0.3 is 10.2 Å². The smallest absolute Gasteiger partial charge is 0.377 e. The van der Waals surface area contributed by atoms with Crippen molar-refractivity contribution < 1.29 is 19.8 Å². The molecule has 0 fully saturated rings. The molecule has 16 heavy (non-hydrogen) atoms. The molecule has 0 saturated carbocycles. The average Bonchev–Trinajstić information content (AvgIpc) is 2.27. The number of ketones is 1. The molecule has 1 rings (SSSR count). The fraction of sp³-hybridized carbons (Fsp3) is 0.0909. The van der Waals surface area contributed by atoms with E-state index in [4.69, 9.17) is 5.11 Å². The molecule has 0 saturated heterocycles. The molecular formula is C11H9BrO4. The van der Waals surface area contributed by atoms with Crippen LogP contribution in [-0.4, -0.2) is 22.0 Å². The zero-order valence-electron chi connectivity index (χ0n) is 8.40. The second kappa shape index (κ2) is 4.94. The first-order valence-electron chi connectivity index (χ1n) is 4.37. The molecule has 0 spiro atoms. The number of hydrogen-bond donors (Lipinski definition) is 2. The normalized spacial score (nSPS) is 11.9. The van der Waals surface area contributed by atoms with Gasteiger partial charge in [0.25, 0.3) is 5.78 Å². The molecule has 0 unspecified atom stereocenters. The maximum absolute atomic E-state index is 11.1. The van der Waals surface area contributed by atoms with Gasteiger partial charge in [-0.05, 0) is 19.1 Å². The van der Waals surface area contributed by atoms with E-state index in [1.807, 2.05) is 0 Å². The van der Waals surface area contributed by atoms with Gasteiger partial charge in [-0.2, -0.15) is 0 Å². The van der Waals surface area contributed by atoms with E-state index in [0.717, 1.165) is 4.47 Å². The van der Waals surface area contributed by atoms with Crippen molar-refractivity contribution in [2.45, 2.75) is 6.92 Å². The lowest BCUT2D eigenvalue weighted by Crippen LogP contribution is -2.14. The van der Waals surface area contributed by atoms with Gasteiger partial charge in [0.15, 0.2) is 0 Å². The van der Waals surface area contributed by atoms with Gasteiger partial charge in [-0.15, -0.1) is 0 Å². The molecule has 0 aliphatic carbocycles. The Labute approximate surface area is 100 Å². The third-order valence-corrected chi connectivity index (χ3v) is 2.54. The van der Waals surface area contributed by atoms with Crippen molar-refractivity contribution in [2.75, 3.05) is 0 Å². The van der Waals surface area contributed by atoms with E-state index < -0.39 is 11.8 Å². The van der Waals surface area contributed by atoms with Crippen molar-refractivity contribution in [1.29, 1.82) is 0 Å². The van der Waals surface area contributed by atoms with Crippen LogP contribution in [0, 0.1) is 0 Å². The molecule has 1 aromatic carbocycles. The van der Waals surface area contributed by atoms with Gasteiger partial charge in [-0.1, -0.05) is 28.1 Å². The summed E-state index contributed by atoms with van der Waals surface area (Å²) in [5.41, 5.74) is 0.213. The first kappa shape index (κ1) is 12.4. The minimum atomic E-state index is -1.58. The summed E-state index contributed by atoms with van der Waals surface area (Å²) in [5.74, 6) is -3.01. The molecule has 0 aromatic heterocycles. The van der Waals surface area contributed by atoms with Crippen molar-refractivity contribution in [3.63, 3.8) is 0 Å². The number of Topliss-reactive ketones (excluding diaryl/α,β-unsaturated/α-hetero) is 1. The number of aliphatic carboxylic acids is 1. The van der Waals surface area contributed by atoms with Gasteiger partial charge in [0.1, 0.15) is 5.76 Å². The SMILES string of the molecule is C/C(C(=O)C(=O)O)=C(/O)c1ccc(Br)cc1. The lowest BCUT2D eigenvalue weighted by atomic mass is 10.1. The highest BCUT2D eigenvalue weighted by atomic mass is 79.9. The highest BCUT2D eigenvalue weighted by Gasteiger charge is 2.18. The molecule has 84 valence electrons. The molecule has 0 bridgehead atoms. The maximum Gasteiger partial charge on any atom is 0.377 e. The van der Waals surface area contributed by atoms with Crippen LogP contribution >= 0.6 is 15.9 Å². The van der Waals surface area contributed by atoms with Gasteiger partial charge >= 0.3 is 5.97 Å². The Morgan fingerprint density at radius 1 is 1.12 bits per heavy atom. The summed E-state index contributed by atoms with van der Waals surface area (Å²) >= 11 is 3.23. The van der Waals surface area contributed by atoms with Crippen molar-refractivity contribution >= 4 is 33.4 Å². The molecular weight excluding hydrogens is 276 g/mol. The van der Waals surface area contributed by atoms with Crippen LogP contribution in [0.5, 0.6) is 0 Å². The third kappa shape index (κ3) is 2.70. The maximum atomic E-state index is 11.1. The molecule has 4 nitrogen and oxygen atoms in total. The van der Waals surface area contributed by atoms with Crippen LogP contribution < -0.4 is 0 Å². The summed E-state index contributed by atoms with van der Waals surface area (Å²) < 4.78 is 0.825. The van der Waals surface area contributed by atoms with Gasteiger partial charge in [0.2, 0.25) is 0 Å². The first-order chi connectivity index (χ1) is 7.43. The molecule has 1 aromatic rings. The van der Waals surface area contributed by atoms with E-state index in [2.05, 4.69) is 15.9 Å². The molecule has 0 aliphatic rings. The largest absolute Gasteiger partial charge is 0.507 e. The second-order valence-corrected chi connectivity index (χ2v) is 4.03. The fourth-order valence-electron chi connectivity index (χ4n) is 1.09. The quantitative estimate of drug-likeness (QED) is 0.508. The Bertz CT molecular complexity index is 459. The lowest BCUT2D eigenvalue weighted by molar-refractivity contribution is -0.147. The number of carbonyl (C=O) groups excluding carboxylic acids is 1. The molecule has 0 aliphatic heterocycles. The van der Waals surface area contributed by atoms with Gasteiger partial charge in [-0.25, -0.2) is 4.79 Å². The monoisotopic (exact) mass is 284 g/mol. The van der Waals surface area contributed by atoms with E-state index in [0.29, 0.717) is 5.56 Å². The van der Waals surface area contributed by atoms with Crippen LogP contribution in [0.2, 0.25) is 0 Å². The predicted octanol–water partition coefficient (Wildman–Crippen LogP) is 2.39. The number of carboxylic acid groups (broad SMARTS) is 1. The topological polar surface area (TPSA) is 74.6 Å². The Morgan fingerprint density at radius 2 is 1.62 bits per heavy atom.